The maximum absolute atomic E-state index is 10.8. The van der Waals surface area contributed by atoms with Crippen molar-refractivity contribution in [2.24, 2.45) is 0 Å². The Morgan fingerprint density at radius 3 is 3.00 bits per heavy atom. The SMILES string of the molecule is C=CC(=O)c1cc(C)[nH]n1. The third-order valence-electron chi connectivity index (χ3n) is 1.14. The molecule has 0 bridgehead atoms. The van der Waals surface area contributed by atoms with Gasteiger partial charge >= 0.3 is 0 Å². The predicted molar refractivity (Wildman–Crippen MR) is 37.9 cm³/mol. The molecule has 0 atom stereocenters. The van der Waals surface area contributed by atoms with Gasteiger partial charge in [-0.15, -0.1) is 0 Å². The lowest BCUT2D eigenvalue weighted by atomic mass is 10.3. The van der Waals surface area contributed by atoms with Crippen LogP contribution in [0.2, 0.25) is 0 Å². The van der Waals surface area contributed by atoms with Gasteiger partial charge in [-0.2, -0.15) is 5.10 Å². The first-order valence-electron chi connectivity index (χ1n) is 2.93. The minimum Gasteiger partial charge on any atom is -0.287 e. The first kappa shape index (κ1) is 6.74. The number of carbonyl (C=O) groups is 1. The Balaban J connectivity index is 2.95. The number of rotatable bonds is 2. The molecule has 0 aliphatic heterocycles. The van der Waals surface area contributed by atoms with Gasteiger partial charge < -0.3 is 0 Å². The topological polar surface area (TPSA) is 45.8 Å². The second kappa shape index (κ2) is 2.47. The lowest BCUT2D eigenvalue weighted by molar-refractivity contribution is 0.104. The second-order valence-electron chi connectivity index (χ2n) is 2.00. The van der Waals surface area contributed by atoms with Crippen LogP contribution in [0.1, 0.15) is 16.2 Å². The molecular formula is C7H8N2O. The van der Waals surface area contributed by atoms with Crippen molar-refractivity contribution < 1.29 is 4.79 Å². The number of aryl methyl sites for hydroxylation is 1. The number of ketones is 1. The summed E-state index contributed by atoms with van der Waals surface area (Å²) in [7, 11) is 0. The molecule has 1 aromatic rings. The van der Waals surface area contributed by atoms with Gasteiger partial charge in [-0.25, -0.2) is 0 Å². The molecule has 0 aliphatic rings. The van der Waals surface area contributed by atoms with Crippen molar-refractivity contribution in [1.82, 2.24) is 10.2 Å². The quantitative estimate of drug-likeness (QED) is 0.488. The molecule has 0 fully saturated rings. The zero-order valence-electron chi connectivity index (χ0n) is 5.72. The number of nitrogens with zero attached hydrogens (tertiary/aromatic N) is 1. The number of aromatic nitrogens is 2. The van der Waals surface area contributed by atoms with Crippen LogP contribution in [0.4, 0.5) is 0 Å². The average Bonchev–Trinajstić information content (AvgIpc) is 2.34. The molecule has 1 heterocycles. The Bertz CT molecular complexity index is 262. The fourth-order valence-electron chi connectivity index (χ4n) is 0.649. The van der Waals surface area contributed by atoms with Gasteiger partial charge in [0.1, 0.15) is 5.69 Å². The van der Waals surface area contributed by atoms with Crippen molar-refractivity contribution in [3.63, 3.8) is 0 Å². The number of nitrogens with one attached hydrogen (secondary N) is 1. The number of carbonyl (C=O) groups excluding carboxylic acids is 1. The molecule has 0 radical (unpaired) electrons. The van der Waals surface area contributed by atoms with Crippen molar-refractivity contribution in [3.05, 3.63) is 30.1 Å². The van der Waals surface area contributed by atoms with Crippen LogP contribution >= 0.6 is 0 Å². The molecule has 52 valence electrons. The third kappa shape index (κ3) is 1.13. The van der Waals surface area contributed by atoms with E-state index in [-0.39, 0.29) is 5.78 Å². The second-order valence-corrected chi connectivity index (χ2v) is 2.00. The molecule has 1 aromatic heterocycles. The Hall–Kier alpha value is -1.38. The molecule has 3 heteroatoms. The highest BCUT2D eigenvalue weighted by Crippen LogP contribution is 1.98. The molecule has 0 saturated heterocycles. The number of aromatic amines is 1. The summed E-state index contributed by atoms with van der Waals surface area (Å²) in [6, 6.07) is 1.68. The van der Waals surface area contributed by atoms with Gasteiger partial charge in [0.2, 0.25) is 5.78 Å². The van der Waals surface area contributed by atoms with Crippen LogP contribution < -0.4 is 0 Å². The van der Waals surface area contributed by atoms with E-state index in [0.29, 0.717) is 5.69 Å². The van der Waals surface area contributed by atoms with Gasteiger partial charge in [0.05, 0.1) is 0 Å². The van der Waals surface area contributed by atoms with Gasteiger partial charge in [-0.05, 0) is 19.1 Å². The summed E-state index contributed by atoms with van der Waals surface area (Å²) in [6.07, 6.45) is 1.25. The van der Waals surface area contributed by atoms with Crippen molar-refractivity contribution in [2.45, 2.75) is 6.92 Å². The van der Waals surface area contributed by atoms with Crippen LogP contribution in [0.5, 0.6) is 0 Å². The normalized spacial score (nSPS) is 9.30. The molecule has 3 nitrogen and oxygen atoms in total. The summed E-state index contributed by atoms with van der Waals surface area (Å²) in [5, 5.41) is 6.41. The smallest absolute Gasteiger partial charge is 0.205 e. The van der Waals surface area contributed by atoms with Crippen LogP contribution in [-0.2, 0) is 0 Å². The zero-order valence-corrected chi connectivity index (χ0v) is 5.72. The van der Waals surface area contributed by atoms with Crippen molar-refractivity contribution in [3.8, 4) is 0 Å². The molecule has 0 unspecified atom stereocenters. The lowest BCUT2D eigenvalue weighted by Crippen LogP contribution is -1.92. The Morgan fingerprint density at radius 1 is 1.90 bits per heavy atom. The molecule has 0 saturated carbocycles. The van der Waals surface area contributed by atoms with Gasteiger partial charge in [-0.3, -0.25) is 9.89 Å². The summed E-state index contributed by atoms with van der Waals surface area (Å²) >= 11 is 0. The van der Waals surface area contributed by atoms with Crippen LogP contribution in [0.25, 0.3) is 0 Å². The molecule has 10 heavy (non-hydrogen) atoms. The molecule has 0 spiro atoms. The highest BCUT2D eigenvalue weighted by atomic mass is 16.1. The van der Waals surface area contributed by atoms with E-state index in [1.807, 2.05) is 6.92 Å². The number of allylic oxidation sites excluding steroid dienone is 1. The van der Waals surface area contributed by atoms with Gasteiger partial charge in [-0.1, -0.05) is 6.58 Å². The average molecular weight is 136 g/mol. The zero-order chi connectivity index (χ0) is 7.56. The van der Waals surface area contributed by atoms with E-state index >= 15 is 0 Å². The van der Waals surface area contributed by atoms with Crippen LogP contribution in [0, 0.1) is 6.92 Å². The first-order valence-corrected chi connectivity index (χ1v) is 2.93. The van der Waals surface area contributed by atoms with E-state index in [1.165, 1.54) is 6.08 Å². The summed E-state index contributed by atoms with van der Waals surface area (Å²) in [6.45, 7) is 5.18. The first-order chi connectivity index (χ1) is 4.74. The van der Waals surface area contributed by atoms with Crippen LogP contribution in [-0.4, -0.2) is 16.0 Å². The van der Waals surface area contributed by atoms with E-state index in [0.717, 1.165) is 5.69 Å². The highest BCUT2D eigenvalue weighted by Gasteiger charge is 2.02. The fraction of sp³-hybridized carbons (Fsp3) is 0.143. The monoisotopic (exact) mass is 136 g/mol. The number of hydrogen-bond donors (Lipinski definition) is 1. The molecule has 1 N–H and O–H groups in total. The maximum Gasteiger partial charge on any atom is 0.205 e. The van der Waals surface area contributed by atoms with Gasteiger partial charge in [0, 0.05) is 5.69 Å². The Morgan fingerprint density at radius 2 is 2.60 bits per heavy atom. The van der Waals surface area contributed by atoms with Crippen molar-refractivity contribution in [1.29, 1.82) is 0 Å². The molecular weight excluding hydrogens is 128 g/mol. The molecule has 1 rings (SSSR count). The Labute approximate surface area is 58.8 Å². The van der Waals surface area contributed by atoms with Crippen molar-refractivity contribution in [2.75, 3.05) is 0 Å². The van der Waals surface area contributed by atoms with Gasteiger partial charge in [0.25, 0.3) is 0 Å². The summed E-state index contributed by atoms with van der Waals surface area (Å²) in [5.41, 5.74) is 1.30. The van der Waals surface area contributed by atoms with E-state index in [1.54, 1.807) is 6.07 Å². The van der Waals surface area contributed by atoms with Crippen molar-refractivity contribution >= 4 is 5.78 Å². The molecule has 0 aliphatic carbocycles. The summed E-state index contributed by atoms with van der Waals surface area (Å²) in [4.78, 5) is 10.8. The minimum atomic E-state index is -0.149. The lowest BCUT2D eigenvalue weighted by Gasteiger charge is -1.80. The third-order valence-corrected chi connectivity index (χ3v) is 1.14. The van der Waals surface area contributed by atoms with E-state index in [2.05, 4.69) is 16.8 Å². The van der Waals surface area contributed by atoms with E-state index in [4.69, 9.17) is 0 Å². The van der Waals surface area contributed by atoms with Crippen LogP contribution in [0.15, 0.2) is 18.7 Å². The van der Waals surface area contributed by atoms with Gasteiger partial charge in [0.15, 0.2) is 0 Å². The van der Waals surface area contributed by atoms with E-state index < -0.39 is 0 Å². The van der Waals surface area contributed by atoms with Crippen LogP contribution in [0.3, 0.4) is 0 Å². The molecule has 0 aromatic carbocycles. The molecule has 0 amide bonds. The van der Waals surface area contributed by atoms with E-state index in [9.17, 15) is 4.79 Å². The number of H-pyrrole nitrogens is 1. The predicted octanol–water partition coefficient (Wildman–Crippen LogP) is 1.09. The summed E-state index contributed by atoms with van der Waals surface area (Å²) in [5.74, 6) is -0.149. The standard InChI is InChI=1S/C7H8N2O/c1-3-7(10)6-4-5(2)8-9-6/h3-4H,1H2,2H3,(H,8,9). The Kier molecular flexibility index (Phi) is 1.67. The highest BCUT2D eigenvalue weighted by molar-refractivity contribution is 6.02. The maximum atomic E-state index is 10.8. The fourth-order valence-corrected chi connectivity index (χ4v) is 0.649. The largest absolute Gasteiger partial charge is 0.287 e. The summed E-state index contributed by atoms with van der Waals surface area (Å²) < 4.78 is 0. The minimum absolute atomic E-state index is 0.149. The number of hydrogen-bond acceptors (Lipinski definition) is 2.